The number of hydrogen-bond acceptors (Lipinski definition) is 3. The zero-order chi connectivity index (χ0) is 13.1. The maximum atomic E-state index is 13.4. The van der Waals surface area contributed by atoms with Gasteiger partial charge in [0, 0.05) is 22.2 Å². The summed E-state index contributed by atoms with van der Waals surface area (Å²) < 4.78 is 31.8. The minimum absolute atomic E-state index is 0.0951. The molecule has 2 aromatic rings. The SMILES string of the molecule is COc1csc(C(O)Cc2c(F)cccc2F)c1. The highest BCUT2D eigenvalue weighted by Gasteiger charge is 2.17. The van der Waals surface area contributed by atoms with Crippen molar-refractivity contribution in [2.24, 2.45) is 0 Å². The van der Waals surface area contributed by atoms with Gasteiger partial charge in [-0.3, -0.25) is 0 Å². The van der Waals surface area contributed by atoms with Crippen molar-refractivity contribution in [2.75, 3.05) is 7.11 Å². The second kappa shape index (κ2) is 5.46. The van der Waals surface area contributed by atoms with E-state index in [0.717, 1.165) is 0 Å². The summed E-state index contributed by atoms with van der Waals surface area (Å²) in [6, 6.07) is 5.32. The molecule has 5 heteroatoms. The first kappa shape index (κ1) is 13.0. The smallest absolute Gasteiger partial charge is 0.129 e. The van der Waals surface area contributed by atoms with Crippen LogP contribution in [0.2, 0.25) is 0 Å². The fraction of sp³-hybridized carbons (Fsp3) is 0.231. The standard InChI is InChI=1S/C13H12F2O2S/c1-17-8-5-13(18-7-8)12(16)6-9-10(14)3-2-4-11(9)15/h2-5,7,12,16H,6H2,1H3. The molecule has 2 rings (SSSR count). The molecule has 0 fully saturated rings. The van der Waals surface area contributed by atoms with E-state index in [0.29, 0.717) is 10.6 Å². The molecule has 0 saturated heterocycles. The van der Waals surface area contributed by atoms with Gasteiger partial charge < -0.3 is 9.84 Å². The van der Waals surface area contributed by atoms with Crippen molar-refractivity contribution in [3.8, 4) is 5.75 Å². The van der Waals surface area contributed by atoms with Gasteiger partial charge in [-0.15, -0.1) is 11.3 Å². The van der Waals surface area contributed by atoms with Gasteiger partial charge in [0.1, 0.15) is 17.4 Å². The molecule has 2 nitrogen and oxygen atoms in total. The van der Waals surface area contributed by atoms with Gasteiger partial charge in [-0.1, -0.05) is 6.07 Å². The van der Waals surface area contributed by atoms with Crippen molar-refractivity contribution in [1.29, 1.82) is 0 Å². The molecular weight excluding hydrogens is 258 g/mol. The van der Waals surface area contributed by atoms with E-state index in [-0.39, 0.29) is 12.0 Å². The Hall–Kier alpha value is -1.46. The Morgan fingerprint density at radius 3 is 2.56 bits per heavy atom. The number of aliphatic hydroxyl groups excluding tert-OH is 1. The summed E-state index contributed by atoms with van der Waals surface area (Å²) in [5, 5.41) is 11.7. The van der Waals surface area contributed by atoms with Crippen molar-refractivity contribution >= 4 is 11.3 Å². The van der Waals surface area contributed by atoms with Crippen LogP contribution in [-0.4, -0.2) is 12.2 Å². The summed E-state index contributed by atoms with van der Waals surface area (Å²) in [6.07, 6.45) is -1.03. The minimum atomic E-state index is -0.940. The molecule has 0 saturated carbocycles. The van der Waals surface area contributed by atoms with Crippen molar-refractivity contribution in [3.63, 3.8) is 0 Å². The van der Waals surface area contributed by atoms with Gasteiger partial charge in [0.2, 0.25) is 0 Å². The molecule has 96 valence electrons. The van der Waals surface area contributed by atoms with Crippen LogP contribution >= 0.6 is 11.3 Å². The fourth-order valence-corrected chi connectivity index (χ4v) is 2.48. The van der Waals surface area contributed by atoms with Crippen molar-refractivity contribution in [2.45, 2.75) is 12.5 Å². The van der Waals surface area contributed by atoms with E-state index in [1.54, 1.807) is 11.4 Å². The lowest BCUT2D eigenvalue weighted by atomic mass is 10.1. The second-order valence-electron chi connectivity index (χ2n) is 3.81. The van der Waals surface area contributed by atoms with Gasteiger partial charge in [0.15, 0.2) is 0 Å². The van der Waals surface area contributed by atoms with E-state index >= 15 is 0 Å². The lowest BCUT2D eigenvalue weighted by Gasteiger charge is -2.10. The van der Waals surface area contributed by atoms with Gasteiger partial charge in [0.25, 0.3) is 0 Å². The summed E-state index contributed by atoms with van der Waals surface area (Å²) >= 11 is 1.29. The van der Waals surface area contributed by atoms with Gasteiger partial charge in [-0.05, 0) is 18.2 Å². The molecule has 0 bridgehead atoms. The highest BCUT2D eigenvalue weighted by atomic mass is 32.1. The molecule has 18 heavy (non-hydrogen) atoms. The molecule has 0 aliphatic carbocycles. The first-order valence-corrected chi connectivity index (χ1v) is 6.23. The normalized spacial score (nSPS) is 12.4. The highest BCUT2D eigenvalue weighted by molar-refractivity contribution is 7.10. The van der Waals surface area contributed by atoms with Crippen molar-refractivity contribution < 1.29 is 18.6 Å². The largest absolute Gasteiger partial charge is 0.496 e. The molecular formula is C13H12F2O2S. The molecule has 1 unspecified atom stereocenters. The van der Waals surface area contributed by atoms with Crippen LogP contribution in [0.15, 0.2) is 29.6 Å². The van der Waals surface area contributed by atoms with Gasteiger partial charge in [-0.25, -0.2) is 8.78 Å². The first-order valence-electron chi connectivity index (χ1n) is 5.35. The van der Waals surface area contributed by atoms with Gasteiger partial charge in [0.05, 0.1) is 13.2 Å². The number of halogens is 2. The number of benzene rings is 1. The summed E-state index contributed by atoms with van der Waals surface area (Å²) in [4.78, 5) is 0.620. The van der Waals surface area contributed by atoms with Gasteiger partial charge >= 0.3 is 0 Å². The van der Waals surface area contributed by atoms with Gasteiger partial charge in [-0.2, -0.15) is 0 Å². The van der Waals surface area contributed by atoms with Crippen LogP contribution in [-0.2, 0) is 6.42 Å². The van der Waals surface area contributed by atoms with E-state index in [9.17, 15) is 13.9 Å². The Morgan fingerprint density at radius 2 is 2.00 bits per heavy atom. The zero-order valence-electron chi connectivity index (χ0n) is 9.69. The second-order valence-corrected chi connectivity index (χ2v) is 4.75. The average molecular weight is 270 g/mol. The molecule has 1 N–H and O–H groups in total. The lowest BCUT2D eigenvalue weighted by molar-refractivity contribution is 0.179. The molecule has 1 atom stereocenters. The Balaban J connectivity index is 2.18. The summed E-state index contributed by atoms with van der Waals surface area (Å²) in [5.41, 5.74) is -0.0997. The fourth-order valence-electron chi connectivity index (χ4n) is 1.64. The van der Waals surface area contributed by atoms with Crippen LogP contribution in [0.25, 0.3) is 0 Å². The number of ether oxygens (including phenoxy) is 1. The Bertz CT molecular complexity index is 519. The quantitative estimate of drug-likeness (QED) is 0.923. The molecule has 1 aromatic carbocycles. The maximum Gasteiger partial charge on any atom is 0.129 e. The third-order valence-electron chi connectivity index (χ3n) is 2.62. The average Bonchev–Trinajstić information content (AvgIpc) is 2.82. The molecule has 0 amide bonds. The van der Waals surface area contributed by atoms with Crippen molar-refractivity contribution in [1.82, 2.24) is 0 Å². The Kier molecular flexibility index (Phi) is 3.93. The first-order chi connectivity index (χ1) is 8.61. The van der Waals surface area contributed by atoms with Crippen LogP contribution in [0.3, 0.4) is 0 Å². The molecule has 0 spiro atoms. The predicted molar refractivity (Wildman–Crippen MR) is 65.9 cm³/mol. The summed E-state index contributed by atoms with van der Waals surface area (Å²) in [6.45, 7) is 0. The topological polar surface area (TPSA) is 29.5 Å². The number of thiophene rings is 1. The van der Waals surface area contributed by atoms with E-state index in [2.05, 4.69) is 0 Å². The zero-order valence-corrected chi connectivity index (χ0v) is 10.5. The summed E-state index contributed by atoms with van der Waals surface area (Å²) in [7, 11) is 1.52. The van der Waals surface area contributed by atoms with Crippen LogP contribution < -0.4 is 4.74 Å². The molecule has 0 aliphatic rings. The van der Waals surface area contributed by atoms with Crippen molar-refractivity contribution in [3.05, 3.63) is 51.7 Å². The lowest BCUT2D eigenvalue weighted by Crippen LogP contribution is -2.04. The molecule has 1 heterocycles. The van der Waals surface area contributed by atoms with E-state index in [1.807, 2.05) is 0 Å². The molecule has 0 aliphatic heterocycles. The number of hydrogen-bond donors (Lipinski definition) is 1. The van der Waals surface area contributed by atoms with Crippen LogP contribution in [0.1, 0.15) is 16.5 Å². The number of rotatable bonds is 4. The predicted octanol–water partition coefficient (Wildman–Crippen LogP) is 3.31. The van der Waals surface area contributed by atoms with E-state index in [1.165, 1.54) is 36.6 Å². The van der Waals surface area contributed by atoms with E-state index in [4.69, 9.17) is 4.74 Å². The number of methoxy groups -OCH3 is 1. The van der Waals surface area contributed by atoms with Crippen LogP contribution in [0.5, 0.6) is 5.75 Å². The number of aliphatic hydroxyl groups is 1. The Morgan fingerprint density at radius 1 is 1.33 bits per heavy atom. The minimum Gasteiger partial charge on any atom is -0.496 e. The molecule has 0 radical (unpaired) electrons. The monoisotopic (exact) mass is 270 g/mol. The third-order valence-corrected chi connectivity index (χ3v) is 3.63. The third kappa shape index (κ3) is 2.68. The maximum absolute atomic E-state index is 13.4. The van der Waals surface area contributed by atoms with Crippen LogP contribution in [0.4, 0.5) is 8.78 Å². The highest BCUT2D eigenvalue weighted by Crippen LogP contribution is 2.29. The molecule has 1 aromatic heterocycles. The van der Waals surface area contributed by atoms with Crippen LogP contribution in [0, 0.1) is 11.6 Å². The van der Waals surface area contributed by atoms with E-state index < -0.39 is 17.7 Å². The summed E-state index contributed by atoms with van der Waals surface area (Å²) in [5.74, 6) is -0.654. The Labute approximate surface area is 107 Å².